The summed E-state index contributed by atoms with van der Waals surface area (Å²) in [5.41, 5.74) is 0.989. The predicted molar refractivity (Wildman–Crippen MR) is 121 cm³/mol. The van der Waals surface area contributed by atoms with E-state index in [0.29, 0.717) is 5.56 Å². The first-order valence-electron chi connectivity index (χ1n) is 9.71. The molecule has 0 aliphatic rings. The Kier molecular flexibility index (Phi) is 6.64. The molecule has 2 aromatic carbocycles. The average molecular weight is 461 g/mol. The average Bonchev–Trinajstić information content (AvgIpc) is 3.19. The summed E-state index contributed by atoms with van der Waals surface area (Å²) in [6.45, 7) is 7.00. The van der Waals surface area contributed by atoms with E-state index >= 15 is 0 Å². The van der Waals surface area contributed by atoms with Gasteiger partial charge in [-0.05, 0) is 74.5 Å². The lowest BCUT2D eigenvalue weighted by molar-refractivity contribution is 0.0942. The van der Waals surface area contributed by atoms with Crippen LogP contribution in [0.5, 0.6) is 0 Å². The summed E-state index contributed by atoms with van der Waals surface area (Å²) < 4.78 is 41.4. The second-order valence-corrected chi connectivity index (χ2v) is 11.0. The number of hydrogen-bond donors (Lipinski definition) is 2. The van der Waals surface area contributed by atoms with Gasteiger partial charge in [-0.2, -0.15) is 0 Å². The summed E-state index contributed by atoms with van der Waals surface area (Å²) in [5, 5.41) is 4.87. The third-order valence-corrected chi connectivity index (χ3v) is 7.20. The Labute approximate surface area is 186 Å². The fourth-order valence-electron chi connectivity index (χ4n) is 3.11. The molecule has 3 aromatic rings. The molecule has 1 aromatic heterocycles. The topological polar surface area (TPSA) is 75.3 Å². The van der Waals surface area contributed by atoms with Crippen LogP contribution in [0.1, 0.15) is 53.2 Å². The van der Waals surface area contributed by atoms with E-state index in [0.717, 1.165) is 10.4 Å². The molecule has 1 unspecified atom stereocenters. The number of hydrogen-bond acceptors (Lipinski definition) is 4. The molecule has 31 heavy (non-hydrogen) atoms. The second-order valence-electron chi connectivity index (χ2n) is 8.31. The van der Waals surface area contributed by atoms with E-state index in [1.165, 1.54) is 35.6 Å². The van der Waals surface area contributed by atoms with E-state index in [2.05, 4.69) is 10.0 Å². The maximum atomic E-state index is 13.4. The van der Waals surface area contributed by atoms with Gasteiger partial charge >= 0.3 is 0 Å². The first-order valence-corrected chi connectivity index (χ1v) is 12.1. The Morgan fingerprint density at radius 1 is 1.06 bits per heavy atom. The molecule has 1 amide bonds. The zero-order valence-electron chi connectivity index (χ0n) is 17.8. The predicted octanol–water partition coefficient (Wildman–Crippen LogP) is 4.79. The van der Waals surface area contributed by atoms with Crippen molar-refractivity contribution in [2.24, 2.45) is 0 Å². The van der Waals surface area contributed by atoms with Gasteiger partial charge in [0.15, 0.2) is 0 Å². The number of nitrogens with one attached hydrogen (secondary N) is 2. The van der Waals surface area contributed by atoms with Gasteiger partial charge in [0.1, 0.15) is 5.82 Å². The van der Waals surface area contributed by atoms with E-state index in [1.807, 2.05) is 17.5 Å². The zero-order chi connectivity index (χ0) is 22.8. The van der Waals surface area contributed by atoms with Gasteiger partial charge in [0.25, 0.3) is 5.91 Å². The third kappa shape index (κ3) is 5.78. The van der Waals surface area contributed by atoms with E-state index in [9.17, 15) is 17.6 Å². The molecule has 0 aliphatic heterocycles. The monoisotopic (exact) mass is 460 g/mol. The largest absolute Gasteiger partial charge is 0.340 e. The fourth-order valence-corrected chi connectivity index (χ4v) is 5.36. The molecule has 0 aliphatic carbocycles. The lowest BCUT2D eigenvalue weighted by Crippen LogP contribution is -2.40. The molecule has 164 valence electrons. The van der Waals surface area contributed by atoms with Crippen LogP contribution in [0.3, 0.4) is 0 Å². The SMILES string of the molecule is Cc1ccc(S(=O)(=O)NC(C)(C)C)cc1C(=O)NC(c1ccc(F)cc1)c1cccs1. The maximum Gasteiger partial charge on any atom is 0.252 e. The quantitative estimate of drug-likeness (QED) is 0.555. The van der Waals surface area contributed by atoms with Crippen LogP contribution >= 0.6 is 11.3 Å². The molecule has 8 heteroatoms. The molecule has 1 heterocycles. The van der Waals surface area contributed by atoms with E-state index in [-0.39, 0.29) is 16.3 Å². The van der Waals surface area contributed by atoms with Crippen molar-refractivity contribution < 1.29 is 17.6 Å². The highest BCUT2D eigenvalue weighted by Gasteiger charge is 2.25. The van der Waals surface area contributed by atoms with Crippen LogP contribution in [-0.2, 0) is 10.0 Å². The molecule has 0 fully saturated rings. The Hall–Kier alpha value is -2.55. The smallest absolute Gasteiger partial charge is 0.252 e. The standard InChI is InChI=1S/C23H25FN2O3S2/c1-15-7-12-18(31(28,29)26-23(2,3)4)14-19(15)22(27)25-21(20-6-5-13-30-20)16-8-10-17(24)11-9-16/h5-14,21,26H,1-4H3,(H,25,27). The van der Waals surface area contributed by atoms with Crippen molar-refractivity contribution in [1.82, 2.24) is 10.0 Å². The Morgan fingerprint density at radius 3 is 2.32 bits per heavy atom. The van der Waals surface area contributed by atoms with Gasteiger partial charge < -0.3 is 5.32 Å². The van der Waals surface area contributed by atoms with Crippen LogP contribution in [-0.4, -0.2) is 19.9 Å². The zero-order valence-corrected chi connectivity index (χ0v) is 19.4. The lowest BCUT2D eigenvalue weighted by atomic mass is 10.0. The van der Waals surface area contributed by atoms with Gasteiger partial charge in [-0.3, -0.25) is 4.79 Å². The molecule has 1 atom stereocenters. The van der Waals surface area contributed by atoms with Crippen LogP contribution < -0.4 is 10.0 Å². The minimum absolute atomic E-state index is 0.0210. The minimum atomic E-state index is -3.79. The van der Waals surface area contributed by atoms with Gasteiger partial charge in [-0.15, -0.1) is 11.3 Å². The van der Waals surface area contributed by atoms with Crippen LogP contribution in [0.25, 0.3) is 0 Å². The third-order valence-electron chi connectivity index (χ3n) is 4.51. The van der Waals surface area contributed by atoms with E-state index in [4.69, 9.17) is 0 Å². The minimum Gasteiger partial charge on any atom is -0.340 e. The van der Waals surface area contributed by atoms with Gasteiger partial charge in [-0.25, -0.2) is 17.5 Å². The van der Waals surface area contributed by atoms with Crippen molar-refractivity contribution in [2.75, 3.05) is 0 Å². The molecule has 5 nitrogen and oxygen atoms in total. The van der Waals surface area contributed by atoms with Crippen molar-refractivity contribution in [1.29, 1.82) is 0 Å². The summed E-state index contributed by atoms with van der Waals surface area (Å²) in [4.78, 5) is 14.1. The number of carbonyl (C=O) groups is 1. The highest BCUT2D eigenvalue weighted by atomic mass is 32.2. The number of thiophene rings is 1. The Bertz CT molecular complexity index is 1170. The first-order chi connectivity index (χ1) is 14.5. The van der Waals surface area contributed by atoms with Crippen LogP contribution in [0.4, 0.5) is 4.39 Å². The van der Waals surface area contributed by atoms with Crippen molar-refractivity contribution in [2.45, 2.75) is 44.2 Å². The summed E-state index contributed by atoms with van der Waals surface area (Å²) in [6.07, 6.45) is 0. The number of aryl methyl sites for hydroxylation is 1. The molecule has 0 bridgehead atoms. The summed E-state index contributed by atoms with van der Waals surface area (Å²) in [6, 6.07) is 13.7. The fraction of sp³-hybridized carbons (Fsp3) is 0.261. The van der Waals surface area contributed by atoms with Crippen molar-refractivity contribution in [3.63, 3.8) is 0 Å². The normalized spacial score (nSPS) is 13.1. The number of amides is 1. The second kappa shape index (κ2) is 8.90. The number of carbonyl (C=O) groups excluding carboxylic acids is 1. The molecule has 0 spiro atoms. The first kappa shape index (κ1) is 23.1. The summed E-state index contributed by atoms with van der Waals surface area (Å²) >= 11 is 1.47. The van der Waals surface area contributed by atoms with Gasteiger partial charge in [0.05, 0.1) is 10.9 Å². The molecular weight excluding hydrogens is 435 g/mol. The van der Waals surface area contributed by atoms with Crippen molar-refractivity contribution in [3.8, 4) is 0 Å². The number of halogens is 1. The molecular formula is C23H25FN2O3S2. The molecule has 3 rings (SSSR count). The van der Waals surface area contributed by atoms with E-state index in [1.54, 1.807) is 45.9 Å². The van der Waals surface area contributed by atoms with Gasteiger partial charge in [0, 0.05) is 16.0 Å². The van der Waals surface area contributed by atoms with Gasteiger partial charge in [0.2, 0.25) is 10.0 Å². The Morgan fingerprint density at radius 2 is 1.74 bits per heavy atom. The van der Waals surface area contributed by atoms with Gasteiger partial charge in [-0.1, -0.05) is 24.3 Å². The van der Waals surface area contributed by atoms with Crippen molar-refractivity contribution >= 4 is 27.3 Å². The maximum absolute atomic E-state index is 13.4. The number of rotatable bonds is 6. The highest BCUT2D eigenvalue weighted by Crippen LogP contribution is 2.27. The number of sulfonamides is 1. The molecule has 0 saturated carbocycles. The highest BCUT2D eigenvalue weighted by molar-refractivity contribution is 7.89. The molecule has 0 radical (unpaired) electrons. The summed E-state index contributed by atoms with van der Waals surface area (Å²) in [5.74, 6) is -0.770. The van der Waals surface area contributed by atoms with Crippen molar-refractivity contribution in [3.05, 3.63) is 87.4 Å². The Balaban J connectivity index is 1.95. The molecule has 0 saturated heterocycles. The van der Waals surface area contributed by atoms with E-state index < -0.39 is 27.5 Å². The van der Waals surface area contributed by atoms with Crippen LogP contribution in [0, 0.1) is 12.7 Å². The van der Waals surface area contributed by atoms with Crippen LogP contribution in [0.15, 0.2) is 64.9 Å². The lowest BCUT2D eigenvalue weighted by Gasteiger charge is -2.21. The van der Waals surface area contributed by atoms with Crippen LogP contribution in [0.2, 0.25) is 0 Å². The summed E-state index contributed by atoms with van der Waals surface area (Å²) in [7, 11) is -3.79. The molecule has 2 N–H and O–H groups in total. The number of benzene rings is 2.